The highest BCUT2D eigenvalue weighted by atomic mass is 32.2. The molecule has 0 aliphatic carbocycles. The number of sulfonamides is 1. The molecular weight excluding hydrogens is 442 g/mol. The first-order chi connectivity index (χ1) is 15.4. The monoisotopic (exact) mass is 471 g/mol. The van der Waals surface area contributed by atoms with Gasteiger partial charge in [0.05, 0.1) is 10.3 Å². The second-order valence-electron chi connectivity index (χ2n) is 8.81. The van der Waals surface area contributed by atoms with Crippen LogP contribution >= 0.6 is 0 Å². The van der Waals surface area contributed by atoms with Gasteiger partial charge in [0, 0.05) is 5.56 Å². The van der Waals surface area contributed by atoms with Crippen molar-refractivity contribution in [1.82, 2.24) is 4.72 Å². The fraction of sp³-hybridized carbons (Fsp3) is 0.360. The summed E-state index contributed by atoms with van der Waals surface area (Å²) in [5, 5.41) is 0.510. The van der Waals surface area contributed by atoms with E-state index in [2.05, 4.69) is 4.72 Å². The van der Waals surface area contributed by atoms with Gasteiger partial charge in [-0.25, -0.2) is 18.0 Å². The molecule has 1 heterocycles. The van der Waals surface area contributed by atoms with Gasteiger partial charge in [0.2, 0.25) is 10.0 Å². The van der Waals surface area contributed by atoms with Gasteiger partial charge < -0.3 is 9.15 Å². The number of hydrogen-bond acceptors (Lipinski definition) is 6. The Balaban J connectivity index is 1.99. The summed E-state index contributed by atoms with van der Waals surface area (Å²) in [5.74, 6) is -0.475. The van der Waals surface area contributed by atoms with E-state index in [-0.39, 0.29) is 23.0 Å². The zero-order valence-corrected chi connectivity index (χ0v) is 20.5. The van der Waals surface area contributed by atoms with Gasteiger partial charge in [0.15, 0.2) is 0 Å². The van der Waals surface area contributed by atoms with Crippen LogP contribution in [0.2, 0.25) is 0 Å². The number of hydrogen-bond donors (Lipinski definition) is 1. The van der Waals surface area contributed by atoms with Gasteiger partial charge in [0.1, 0.15) is 17.4 Å². The number of carbonyl (C=O) groups is 1. The largest absolute Gasteiger partial charge is 0.425 e. The lowest BCUT2D eigenvalue weighted by molar-refractivity contribution is -0.136. The van der Waals surface area contributed by atoms with E-state index >= 15 is 0 Å². The zero-order valence-electron chi connectivity index (χ0n) is 19.7. The molecule has 0 fully saturated rings. The lowest BCUT2D eigenvalue weighted by Gasteiger charge is -2.20. The van der Waals surface area contributed by atoms with Crippen LogP contribution in [0.15, 0.2) is 50.5 Å². The molecule has 0 amide bonds. The quantitative estimate of drug-likeness (QED) is 0.313. The molecule has 1 aromatic heterocycles. The van der Waals surface area contributed by atoms with Crippen LogP contribution in [0, 0.1) is 33.6 Å². The van der Waals surface area contributed by atoms with Crippen molar-refractivity contribution in [2.75, 3.05) is 0 Å². The summed E-state index contributed by atoms with van der Waals surface area (Å²) in [6, 6.07) is 8.67. The fourth-order valence-electron chi connectivity index (χ4n) is 3.58. The molecular formula is C25H29NO6S. The van der Waals surface area contributed by atoms with Crippen LogP contribution in [-0.2, 0) is 14.8 Å². The van der Waals surface area contributed by atoms with Crippen LogP contribution in [0.3, 0.4) is 0 Å². The molecule has 1 atom stereocenters. The van der Waals surface area contributed by atoms with E-state index < -0.39 is 27.7 Å². The van der Waals surface area contributed by atoms with E-state index in [9.17, 15) is 18.0 Å². The Morgan fingerprint density at radius 1 is 1.00 bits per heavy atom. The van der Waals surface area contributed by atoms with Gasteiger partial charge in [-0.15, -0.1) is 0 Å². The first-order valence-corrected chi connectivity index (χ1v) is 12.2. The van der Waals surface area contributed by atoms with Gasteiger partial charge in [-0.3, -0.25) is 0 Å². The first kappa shape index (κ1) is 24.7. The third-order valence-corrected chi connectivity index (χ3v) is 6.98. The lowest BCUT2D eigenvalue weighted by atomic mass is 10.0. The Hall–Kier alpha value is -2.97. The van der Waals surface area contributed by atoms with Crippen molar-refractivity contribution in [3.05, 3.63) is 69.1 Å². The second kappa shape index (κ2) is 9.49. The van der Waals surface area contributed by atoms with Crippen molar-refractivity contribution in [2.24, 2.45) is 5.92 Å². The molecule has 0 radical (unpaired) electrons. The highest BCUT2D eigenvalue weighted by molar-refractivity contribution is 7.89. The number of ether oxygens (including phenoxy) is 1. The molecule has 0 spiro atoms. The van der Waals surface area contributed by atoms with Crippen molar-refractivity contribution in [3.63, 3.8) is 0 Å². The van der Waals surface area contributed by atoms with E-state index in [1.807, 2.05) is 20.8 Å². The fourth-order valence-corrected chi connectivity index (χ4v) is 4.78. The number of carbonyl (C=O) groups excluding carboxylic acids is 1. The predicted molar refractivity (Wildman–Crippen MR) is 127 cm³/mol. The molecule has 0 aliphatic rings. The van der Waals surface area contributed by atoms with E-state index in [4.69, 9.17) is 9.15 Å². The predicted octanol–water partition coefficient (Wildman–Crippen LogP) is 4.33. The molecule has 1 unspecified atom stereocenters. The Bertz CT molecular complexity index is 1350. The van der Waals surface area contributed by atoms with Crippen molar-refractivity contribution in [2.45, 2.75) is 58.9 Å². The van der Waals surface area contributed by atoms with E-state index in [0.29, 0.717) is 22.1 Å². The minimum Gasteiger partial charge on any atom is -0.425 e. The highest BCUT2D eigenvalue weighted by Crippen LogP contribution is 2.31. The number of rotatable bonds is 7. The summed E-state index contributed by atoms with van der Waals surface area (Å²) < 4.78 is 39.5. The van der Waals surface area contributed by atoms with Crippen molar-refractivity contribution < 1.29 is 22.4 Å². The molecule has 3 aromatic rings. The number of aryl methyl sites for hydroxylation is 3. The first-order valence-electron chi connectivity index (χ1n) is 10.7. The van der Waals surface area contributed by atoms with Gasteiger partial charge in [0.25, 0.3) is 0 Å². The zero-order chi connectivity index (χ0) is 24.5. The minimum absolute atomic E-state index is 0.0273. The molecule has 0 saturated heterocycles. The van der Waals surface area contributed by atoms with E-state index in [1.54, 1.807) is 45.0 Å². The summed E-state index contributed by atoms with van der Waals surface area (Å²) in [6.45, 7) is 10.8. The molecule has 3 rings (SSSR count). The molecule has 33 heavy (non-hydrogen) atoms. The molecule has 0 saturated carbocycles. The van der Waals surface area contributed by atoms with Crippen LogP contribution in [0.4, 0.5) is 0 Å². The van der Waals surface area contributed by atoms with Crippen LogP contribution in [0.25, 0.3) is 11.0 Å². The number of benzene rings is 2. The molecule has 1 N–H and O–H groups in total. The Morgan fingerprint density at radius 2 is 1.64 bits per heavy atom. The average Bonchev–Trinajstić information content (AvgIpc) is 2.71. The number of nitrogens with one attached hydrogen (secondary N) is 1. The van der Waals surface area contributed by atoms with Gasteiger partial charge in [-0.2, -0.15) is 4.72 Å². The smallest absolute Gasteiger partial charge is 0.339 e. The summed E-state index contributed by atoms with van der Waals surface area (Å²) in [5.41, 5.74) is 2.58. The summed E-state index contributed by atoms with van der Waals surface area (Å²) in [7, 11) is -3.94. The van der Waals surface area contributed by atoms with Crippen LogP contribution in [-0.4, -0.2) is 20.4 Å². The Labute approximate surface area is 193 Å². The van der Waals surface area contributed by atoms with Crippen LogP contribution in [0.1, 0.15) is 42.5 Å². The van der Waals surface area contributed by atoms with Crippen molar-refractivity contribution in [3.8, 4) is 5.75 Å². The molecule has 2 aromatic carbocycles. The van der Waals surface area contributed by atoms with Crippen LogP contribution < -0.4 is 15.1 Å². The Kier molecular flexibility index (Phi) is 7.09. The topological polar surface area (TPSA) is 103 Å². The summed E-state index contributed by atoms with van der Waals surface area (Å²) in [4.78, 5) is 25.4. The summed E-state index contributed by atoms with van der Waals surface area (Å²) >= 11 is 0. The number of fused-ring (bicyclic) bond motifs is 1. The van der Waals surface area contributed by atoms with Gasteiger partial charge in [-0.05, 0) is 75.4 Å². The van der Waals surface area contributed by atoms with Crippen molar-refractivity contribution >= 4 is 27.0 Å². The molecule has 0 bridgehead atoms. The Morgan fingerprint density at radius 3 is 2.24 bits per heavy atom. The van der Waals surface area contributed by atoms with E-state index in [0.717, 1.165) is 11.1 Å². The maximum absolute atomic E-state index is 13.2. The summed E-state index contributed by atoms with van der Waals surface area (Å²) in [6.07, 6.45) is 0.251. The normalized spacial score (nSPS) is 12.8. The minimum atomic E-state index is -3.94. The molecule has 8 heteroatoms. The molecule has 7 nitrogen and oxygen atoms in total. The second-order valence-corrected chi connectivity index (χ2v) is 10.5. The maximum Gasteiger partial charge on any atom is 0.339 e. The lowest BCUT2D eigenvalue weighted by Crippen LogP contribution is -2.43. The third-order valence-electron chi connectivity index (χ3n) is 5.49. The van der Waals surface area contributed by atoms with E-state index in [1.165, 1.54) is 12.1 Å². The highest BCUT2D eigenvalue weighted by Gasteiger charge is 2.29. The van der Waals surface area contributed by atoms with Crippen LogP contribution in [0.5, 0.6) is 5.75 Å². The van der Waals surface area contributed by atoms with Gasteiger partial charge in [-0.1, -0.05) is 31.5 Å². The maximum atomic E-state index is 13.2. The average molecular weight is 472 g/mol. The standard InChI is InChI=1S/C25H29NO6S/c1-14(2)11-20(26-33(29,30)19-9-7-15(3)8-10-19)25(28)32-22-13-16(4)12-21-23(22)17(5)18(6)24(27)31-21/h7-10,12-14,20,26H,11H2,1-6H3. The van der Waals surface area contributed by atoms with Crippen molar-refractivity contribution in [1.29, 1.82) is 0 Å². The third kappa shape index (κ3) is 5.51. The SMILES string of the molecule is Cc1ccc(S(=O)(=O)NC(CC(C)C)C(=O)Oc2cc(C)cc3oc(=O)c(C)c(C)c23)cc1. The van der Waals surface area contributed by atoms with Gasteiger partial charge >= 0.3 is 11.6 Å². The number of esters is 1. The molecule has 0 aliphatic heterocycles. The molecule has 176 valence electrons.